The van der Waals surface area contributed by atoms with Crippen molar-refractivity contribution in [2.45, 2.75) is 57.1 Å². The average molecular weight is 601 g/mol. The first kappa shape index (κ1) is 31.6. The van der Waals surface area contributed by atoms with Gasteiger partial charge in [0.15, 0.2) is 0 Å². The first-order valence-corrected chi connectivity index (χ1v) is 15.0. The van der Waals surface area contributed by atoms with E-state index in [0.29, 0.717) is 17.0 Å². The summed E-state index contributed by atoms with van der Waals surface area (Å²) >= 11 is 6.04. The van der Waals surface area contributed by atoms with Gasteiger partial charge in [-0.1, -0.05) is 61.8 Å². The maximum atomic E-state index is 14.0. The van der Waals surface area contributed by atoms with Crippen molar-refractivity contribution in [2.24, 2.45) is 0 Å². The molecule has 0 aliphatic carbocycles. The number of benzene rings is 3. The highest BCUT2D eigenvalue weighted by Gasteiger charge is 2.34. The lowest BCUT2D eigenvalue weighted by molar-refractivity contribution is -0.384. The lowest BCUT2D eigenvalue weighted by atomic mass is 10.1. The molecule has 3 rings (SSSR count). The van der Waals surface area contributed by atoms with Gasteiger partial charge in [0.1, 0.15) is 12.6 Å². The van der Waals surface area contributed by atoms with E-state index in [1.807, 2.05) is 13.8 Å². The van der Waals surface area contributed by atoms with Crippen molar-refractivity contribution in [2.75, 3.05) is 10.8 Å². The number of nitrogens with zero attached hydrogens (tertiary/aromatic N) is 3. The van der Waals surface area contributed by atoms with Crippen LogP contribution in [0.2, 0.25) is 5.02 Å². The minimum absolute atomic E-state index is 0.0105. The Morgan fingerprint density at radius 3 is 2.22 bits per heavy atom. The Labute approximate surface area is 245 Å². The van der Waals surface area contributed by atoms with Crippen LogP contribution >= 0.6 is 11.6 Å². The van der Waals surface area contributed by atoms with Crippen LogP contribution in [0, 0.1) is 10.1 Å². The minimum Gasteiger partial charge on any atom is -0.352 e. The highest BCUT2D eigenvalue weighted by atomic mass is 35.5. The predicted octanol–water partition coefficient (Wildman–Crippen LogP) is 5.17. The molecule has 1 N–H and O–H groups in total. The Morgan fingerprint density at radius 1 is 0.976 bits per heavy atom. The average Bonchev–Trinajstić information content (AvgIpc) is 2.97. The summed E-state index contributed by atoms with van der Waals surface area (Å²) in [5.74, 6) is -1.02. The molecule has 0 aliphatic rings. The first-order chi connectivity index (χ1) is 19.5. The zero-order valence-corrected chi connectivity index (χ0v) is 24.6. The SMILES string of the molecule is CC[C@H](C(=O)N[C@@H](C)CC)N(Cc1ccc(Cl)cc1)C(=O)CN(c1cccc([N+](=O)[O-])c1)S(=O)(=O)c1ccccc1. The summed E-state index contributed by atoms with van der Waals surface area (Å²) in [7, 11) is -4.33. The van der Waals surface area contributed by atoms with Crippen LogP contribution in [0.5, 0.6) is 0 Å². The highest BCUT2D eigenvalue weighted by molar-refractivity contribution is 7.92. The van der Waals surface area contributed by atoms with Gasteiger partial charge in [-0.2, -0.15) is 0 Å². The third-order valence-electron chi connectivity index (χ3n) is 6.59. The predicted molar refractivity (Wildman–Crippen MR) is 158 cm³/mol. The fourth-order valence-electron chi connectivity index (χ4n) is 4.16. The van der Waals surface area contributed by atoms with E-state index >= 15 is 0 Å². The molecule has 41 heavy (non-hydrogen) atoms. The lowest BCUT2D eigenvalue weighted by Crippen LogP contribution is -2.53. The number of carbonyl (C=O) groups is 2. The van der Waals surface area contributed by atoms with Gasteiger partial charge in [0.25, 0.3) is 15.7 Å². The van der Waals surface area contributed by atoms with Crippen LogP contribution in [0.4, 0.5) is 11.4 Å². The Morgan fingerprint density at radius 2 is 1.63 bits per heavy atom. The third kappa shape index (κ3) is 8.05. The van der Waals surface area contributed by atoms with Crippen molar-refractivity contribution in [3.8, 4) is 0 Å². The molecule has 0 aromatic heterocycles. The van der Waals surface area contributed by atoms with Crippen LogP contribution in [-0.4, -0.2) is 48.7 Å². The van der Waals surface area contributed by atoms with Gasteiger partial charge >= 0.3 is 0 Å². The van der Waals surface area contributed by atoms with Gasteiger partial charge in [-0.3, -0.25) is 24.0 Å². The number of non-ortho nitro benzene ring substituents is 1. The molecular weight excluding hydrogens is 568 g/mol. The molecule has 2 atom stereocenters. The van der Waals surface area contributed by atoms with Gasteiger partial charge in [0.05, 0.1) is 15.5 Å². The molecule has 10 nitrogen and oxygen atoms in total. The van der Waals surface area contributed by atoms with Crippen LogP contribution in [0.25, 0.3) is 0 Å². The van der Waals surface area contributed by atoms with Crippen molar-refractivity contribution in [3.05, 3.63) is 99.6 Å². The molecule has 0 heterocycles. The molecule has 0 aliphatic heterocycles. The summed E-state index contributed by atoms with van der Waals surface area (Å²) in [6.07, 6.45) is 0.951. The summed E-state index contributed by atoms with van der Waals surface area (Å²) < 4.78 is 28.5. The van der Waals surface area contributed by atoms with Crippen molar-refractivity contribution in [1.82, 2.24) is 10.2 Å². The number of nitro groups is 1. The molecule has 0 bridgehead atoms. The molecular formula is C29H33ClN4O6S. The number of nitrogens with one attached hydrogen (secondary N) is 1. The Balaban J connectivity index is 2.08. The summed E-state index contributed by atoms with van der Waals surface area (Å²) in [6.45, 7) is 4.86. The molecule has 0 radical (unpaired) electrons. The fraction of sp³-hybridized carbons (Fsp3) is 0.310. The quantitative estimate of drug-likeness (QED) is 0.213. The molecule has 0 unspecified atom stereocenters. The Kier molecular flexibility index (Phi) is 10.8. The maximum Gasteiger partial charge on any atom is 0.271 e. The van der Waals surface area contributed by atoms with Crippen LogP contribution in [0.15, 0.2) is 83.8 Å². The largest absolute Gasteiger partial charge is 0.352 e. The summed E-state index contributed by atoms with van der Waals surface area (Å²) in [4.78, 5) is 39.4. The van der Waals surface area contributed by atoms with Gasteiger partial charge in [0, 0.05) is 29.7 Å². The minimum atomic E-state index is -4.33. The van der Waals surface area contributed by atoms with E-state index in [-0.39, 0.29) is 41.2 Å². The summed E-state index contributed by atoms with van der Waals surface area (Å²) in [5, 5.41) is 14.9. The van der Waals surface area contributed by atoms with Crippen LogP contribution in [-0.2, 0) is 26.2 Å². The van der Waals surface area contributed by atoms with E-state index in [4.69, 9.17) is 11.6 Å². The number of amides is 2. The number of hydrogen-bond acceptors (Lipinski definition) is 6. The van der Waals surface area contributed by atoms with E-state index in [1.165, 1.54) is 35.2 Å². The number of anilines is 1. The molecule has 0 saturated heterocycles. The molecule has 0 saturated carbocycles. The second kappa shape index (κ2) is 14.1. The van der Waals surface area contributed by atoms with E-state index in [2.05, 4.69) is 5.32 Å². The monoisotopic (exact) mass is 600 g/mol. The first-order valence-electron chi connectivity index (χ1n) is 13.1. The zero-order valence-electron chi connectivity index (χ0n) is 23.1. The number of halogens is 1. The zero-order chi connectivity index (χ0) is 30.2. The van der Waals surface area contributed by atoms with E-state index in [9.17, 15) is 28.1 Å². The molecule has 2 amide bonds. The lowest BCUT2D eigenvalue weighted by Gasteiger charge is -2.33. The van der Waals surface area contributed by atoms with Crippen molar-refractivity contribution in [3.63, 3.8) is 0 Å². The van der Waals surface area contributed by atoms with Crippen LogP contribution in [0.3, 0.4) is 0 Å². The summed E-state index contributed by atoms with van der Waals surface area (Å²) in [6, 6.07) is 18.3. The topological polar surface area (TPSA) is 130 Å². The normalized spacial score (nSPS) is 12.7. The van der Waals surface area contributed by atoms with E-state index in [0.717, 1.165) is 10.4 Å². The van der Waals surface area contributed by atoms with Crippen molar-refractivity contribution < 1.29 is 22.9 Å². The van der Waals surface area contributed by atoms with Crippen molar-refractivity contribution >= 4 is 44.8 Å². The van der Waals surface area contributed by atoms with Crippen LogP contribution < -0.4 is 9.62 Å². The molecule has 218 valence electrons. The number of nitro benzene ring substituents is 1. The smallest absolute Gasteiger partial charge is 0.271 e. The fourth-order valence-corrected chi connectivity index (χ4v) is 5.71. The van der Waals surface area contributed by atoms with E-state index < -0.39 is 33.4 Å². The molecule has 0 spiro atoms. The number of hydrogen-bond donors (Lipinski definition) is 1. The highest BCUT2D eigenvalue weighted by Crippen LogP contribution is 2.28. The summed E-state index contributed by atoms with van der Waals surface area (Å²) in [5.41, 5.74) is 0.297. The van der Waals surface area contributed by atoms with Gasteiger partial charge in [0.2, 0.25) is 11.8 Å². The van der Waals surface area contributed by atoms with E-state index in [1.54, 1.807) is 49.4 Å². The number of sulfonamides is 1. The van der Waals surface area contributed by atoms with Crippen molar-refractivity contribution in [1.29, 1.82) is 0 Å². The maximum absolute atomic E-state index is 14.0. The molecule has 0 fully saturated rings. The molecule has 3 aromatic carbocycles. The Bertz CT molecular complexity index is 1470. The second-order valence-electron chi connectivity index (χ2n) is 9.49. The Hall–Kier alpha value is -3.96. The van der Waals surface area contributed by atoms with Crippen LogP contribution in [0.1, 0.15) is 39.2 Å². The third-order valence-corrected chi connectivity index (χ3v) is 8.63. The standard InChI is InChI=1S/C29H33ClN4O6S/c1-4-21(3)31-29(36)27(5-2)32(19-22-14-16-23(30)17-15-22)28(35)20-33(24-10-9-11-25(18-24)34(37)38)41(39,40)26-12-7-6-8-13-26/h6-18,21,27H,4-5,19-20H2,1-3H3,(H,31,36)/t21-,27+/m0/s1. The number of carbonyl (C=O) groups excluding carboxylic acids is 2. The van der Waals surface area contributed by atoms with Gasteiger partial charge < -0.3 is 10.2 Å². The second-order valence-corrected chi connectivity index (χ2v) is 11.8. The van der Waals surface area contributed by atoms with Gasteiger partial charge in [-0.25, -0.2) is 8.42 Å². The van der Waals surface area contributed by atoms with Gasteiger partial charge in [-0.05, 0) is 55.7 Å². The number of rotatable bonds is 13. The molecule has 3 aromatic rings. The molecule has 12 heteroatoms. The van der Waals surface area contributed by atoms with Gasteiger partial charge in [-0.15, -0.1) is 0 Å².